The number of aromatic nitrogens is 2. The quantitative estimate of drug-likeness (QED) is 0.136. The maximum absolute atomic E-state index is 13.3. The van der Waals surface area contributed by atoms with Crippen LogP contribution in [0.25, 0.3) is 22.0 Å². The number of hydrogen-bond acceptors (Lipinski definition) is 6. The van der Waals surface area contributed by atoms with Crippen molar-refractivity contribution in [3.05, 3.63) is 162 Å². The van der Waals surface area contributed by atoms with E-state index in [1.807, 2.05) is 48.5 Å². The Morgan fingerprint density at radius 1 is 0.804 bits per heavy atom. The van der Waals surface area contributed by atoms with Crippen LogP contribution < -0.4 is 10.6 Å². The zero-order chi connectivity index (χ0) is 36.6. The number of nitrogens with one attached hydrogen (secondary N) is 2. The third-order valence-electron chi connectivity index (χ3n) is 7.66. The van der Waals surface area contributed by atoms with Crippen LogP contribution in [0.5, 0.6) is 0 Å². The fourth-order valence-corrected chi connectivity index (χ4v) is 5.03. The molecule has 6 aromatic rings. The molecule has 9 nitrogen and oxygen atoms in total. The Morgan fingerprint density at radius 3 is 2.12 bits per heavy atom. The molecule has 0 saturated carbocycles. The van der Waals surface area contributed by atoms with Gasteiger partial charge in [-0.25, -0.2) is 0 Å². The Balaban J connectivity index is 0.000000774. The number of halogens is 3. The van der Waals surface area contributed by atoms with Gasteiger partial charge >= 0.3 is 6.18 Å². The highest BCUT2D eigenvalue weighted by Gasteiger charge is 2.30. The predicted octanol–water partition coefficient (Wildman–Crippen LogP) is 7.98. The van der Waals surface area contributed by atoms with E-state index in [2.05, 4.69) is 20.6 Å². The number of anilines is 1. The first-order chi connectivity index (χ1) is 24.3. The maximum atomic E-state index is 13.3. The Bertz CT molecular complexity index is 2210. The average Bonchev–Trinajstić information content (AvgIpc) is 3.14. The van der Waals surface area contributed by atoms with Crippen molar-refractivity contribution in [2.45, 2.75) is 19.1 Å². The van der Waals surface area contributed by atoms with E-state index in [9.17, 15) is 31.2 Å². The molecule has 3 N–H and O–H groups in total. The Kier molecular flexibility index (Phi) is 11.2. The number of pyridine rings is 2. The first-order valence-corrected chi connectivity index (χ1v) is 17.1. The van der Waals surface area contributed by atoms with Gasteiger partial charge in [0.1, 0.15) is 0 Å². The van der Waals surface area contributed by atoms with Crippen molar-refractivity contribution in [3.8, 4) is 11.1 Å². The third kappa shape index (κ3) is 9.62. The number of alkyl halides is 3. The average molecular weight is 713 g/mol. The predicted molar refractivity (Wildman–Crippen MR) is 189 cm³/mol. The molecule has 260 valence electrons. The van der Waals surface area contributed by atoms with E-state index in [0.717, 1.165) is 17.7 Å². The van der Waals surface area contributed by atoms with Crippen LogP contribution >= 0.6 is 0 Å². The molecular weight excluding hydrogens is 682 g/mol. The van der Waals surface area contributed by atoms with Gasteiger partial charge in [-0.2, -0.15) is 21.6 Å². The van der Waals surface area contributed by atoms with Crippen LogP contribution in [-0.2, 0) is 16.3 Å². The molecule has 0 aliphatic carbocycles. The maximum Gasteiger partial charge on any atom is 0.416 e. The van der Waals surface area contributed by atoms with Crippen LogP contribution in [0, 0.1) is 0 Å². The summed E-state index contributed by atoms with van der Waals surface area (Å²) in [4.78, 5) is 35.5. The normalized spacial score (nSPS) is 11.9. The molecule has 2 aromatic heterocycles. The van der Waals surface area contributed by atoms with Gasteiger partial charge in [0.25, 0.3) is 21.9 Å². The summed E-state index contributed by atoms with van der Waals surface area (Å²) in [5, 5.41) is 6.61. The molecule has 0 fully saturated rings. The molecule has 0 bridgehead atoms. The minimum Gasteiger partial charge on any atom is -0.339 e. The highest BCUT2D eigenvalue weighted by molar-refractivity contribution is 7.85. The van der Waals surface area contributed by atoms with E-state index in [1.165, 1.54) is 25.3 Å². The lowest BCUT2D eigenvalue weighted by Gasteiger charge is -2.19. The van der Waals surface area contributed by atoms with Crippen molar-refractivity contribution in [1.82, 2.24) is 15.3 Å². The zero-order valence-corrected chi connectivity index (χ0v) is 27.8. The Hall–Kier alpha value is -5.92. The van der Waals surface area contributed by atoms with Crippen molar-refractivity contribution >= 4 is 38.5 Å². The summed E-state index contributed by atoms with van der Waals surface area (Å²) in [6.45, 7) is 1.37. The lowest BCUT2D eigenvalue weighted by molar-refractivity contribution is -0.137. The largest absolute Gasteiger partial charge is 0.416 e. The summed E-state index contributed by atoms with van der Waals surface area (Å²) < 4.78 is 66.0. The van der Waals surface area contributed by atoms with E-state index in [0.29, 0.717) is 44.5 Å². The van der Waals surface area contributed by atoms with Crippen LogP contribution in [0.3, 0.4) is 0 Å². The lowest BCUT2D eigenvalue weighted by Crippen LogP contribution is -2.30. The van der Waals surface area contributed by atoms with Crippen molar-refractivity contribution < 1.29 is 35.7 Å². The summed E-state index contributed by atoms with van der Waals surface area (Å²) in [5.74, 6) is -0.948. The molecule has 1 atom stereocenters. The molecule has 4 aromatic carbocycles. The number of amides is 2. The smallest absolute Gasteiger partial charge is 0.339 e. The van der Waals surface area contributed by atoms with Crippen molar-refractivity contribution in [2.75, 3.05) is 11.1 Å². The Morgan fingerprint density at radius 2 is 1.47 bits per heavy atom. The van der Waals surface area contributed by atoms with Crippen LogP contribution in [-0.4, -0.2) is 40.5 Å². The minimum absolute atomic E-state index is 0.201. The SMILES string of the molecule is CCS(=O)(=O)O.O=C(N[C@H](c1ccccc1)c1ccccn1)c1cnc2cc(NC(=O)c3ccccc3-c3ccc(C(F)(F)F)cc3)ccc2c1. The number of rotatable bonds is 8. The highest BCUT2D eigenvalue weighted by atomic mass is 32.2. The van der Waals surface area contributed by atoms with E-state index >= 15 is 0 Å². The van der Waals surface area contributed by atoms with Crippen molar-refractivity contribution in [3.63, 3.8) is 0 Å². The number of fused-ring (bicyclic) bond motifs is 1. The molecule has 0 saturated heterocycles. The van der Waals surface area contributed by atoms with Gasteiger partial charge in [-0.05, 0) is 72.1 Å². The summed E-state index contributed by atoms with van der Waals surface area (Å²) in [7, 11) is -3.66. The van der Waals surface area contributed by atoms with Gasteiger partial charge in [0.05, 0.1) is 34.1 Å². The second kappa shape index (κ2) is 15.7. The van der Waals surface area contributed by atoms with Gasteiger partial charge in [-0.3, -0.25) is 24.1 Å². The van der Waals surface area contributed by atoms with Crippen LogP contribution in [0.4, 0.5) is 18.9 Å². The van der Waals surface area contributed by atoms with Gasteiger partial charge in [0, 0.05) is 29.0 Å². The van der Waals surface area contributed by atoms with E-state index in [4.69, 9.17) is 4.55 Å². The van der Waals surface area contributed by atoms with E-state index < -0.39 is 33.8 Å². The molecule has 0 spiro atoms. The summed E-state index contributed by atoms with van der Waals surface area (Å²) in [6, 6.07) is 32.9. The first kappa shape index (κ1) is 36.4. The molecule has 2 amide bonds. The van der Waals surface area contributed by atoms with Gasteiger partial charge in [-0.15, -0.1) is 0 Å². The second-order valence-electron chi connectivity index (χ2n) is 11.1. The fourth-order valence-electron chi connectivity index (χ4n) is 5.03. The molecule has 0 aliphatic heterocycles. The summed E-state index contributed by atoms with van der Waals surface area (Å²) in [5.41, 5.74) is 3.50. The van der Waals surface area contributed by atoms with Crippen LogP contribution in [0.15, 0.2) is 134 Å². The van der Waals surface area contributed by atoms with Crippen molar-refractivity contribution in [1.29, 1.82) is 0 Å². The van der Waals surface area contributed by atoms with Crippen LogP contribution in [0.1, 0.15) is 50.5 Å². The Labute approximate surface area is 292 Å². The highest BCUT2D eigenvalue weighted by Crippen LogP contribution is 2.32. The molecule has 0 unspecified atom stereocenters. The van der Waals surface area contributed by atoms with Gasteiger partial charge < -0.3 is 10.6 Å². The molecule has 51 heavy (non-hydrogen) atoms. The standard InChI is InChI=1S/C36H25F3N4O2.C2H6O3S/c37-36(38,39)27-16-13-23(14-17-27)29-10-4-5-11-30(29)35(45)42-28-18-15-25-20-26(22-41-32(25)21-28)34(44)43-33(24-8-2-1-3-9-24)31-12-6-7-19-40-31;1-2-6(3,4)5/h1-22,33H,(H,42,45)(H,43,44);2H2,1H3,(H,3,4,5)/t33-;/m1./s1. The molecular formula is C38H31F3N4O5S. The number of carbonyl (C=O) groups excluding carboxylic acids is 2. The zero-order valence-electron chi connectivity index (χ0n) is 27.0. The summed E-state index contributed by atoms with van der Waals surface area (Å²) in [6.07, 6.45) is -1.29. The molecule has 13 heteroatoms. The van der Waals surface area contributed by atoms with Crippen molar-refractivity contribution in [2.24, 2.45) is 0 Å². The molecule has 0 radical (unpaired) electrons. The van der Waals surface area contributed by atoms with E-state index in [-0.39, 0.29) is 11.7 Å². The fraction of sp³-hybridized carbons (Fsp3) is 0.105. The number of benzene rings is 4. The van der Waals surface area contributed by atoms with Gasteiger partial charge in [0.2, 0.25) is 0 Å². The first-order valence-electron chi connectivity index (χ1n) is 15.5. The van der Waals surface area contributed by atoms with Gasteiger partial charge in [0.15, 0.2) is 0 Å². The third-order valence-corrected chi connectivity index (χ3v) is 8.39. The number of carbonyl (C=O) groups is 2. The monoisotopic (exact) mass is 712 g/mol. The number of hydrogen-bond donors (Lipinski definition) is 3. The minimum atomic E-state index is -4.45. The molecule has 2 heterocycles. The topological polar surface area (TPSA) is 138 Å². The molecule has 0 aliphatic rings. The van der Waals surface area contributed by atoms with Gasteiger partial charge in [-0.1, -0.05) is 72.8 Å². The van der Waals surface area contributed by atoms with Crippen LogP contribution in [0.2, 0.25) is 0 Å². The number of nitrogens with zero attached hydrogens (tertiary/aromatic N) is 2. The molecule has 6 rings (SSSR count). The summed E-state index contributed by atoms with van der Waals surface area (Å²) >= 11 is 0. The lowest BCUT2D eigenvalue weighted by atomic mass is 9.98. The second-order valence-corrected chi connectivity index (χ2v) is 12.9. The van der Waals surface area contributed by atoms with E-state index in [1.54, 1.807) is 54.7 Å².